The van der Waals surface area contributed by atoms with Crippen LogP contribution in [0, 0.1) is 5.82 Å². The van der Waals surface area contributed by atoms with Gasteiger partial charge in [-0.25, -0.2) is 9.18 Å². The van der Waals surface area contributed by atoms with E-state index in [1.807, 2.05) is 4.90 Å². The van der Waals surface area contributed by atoms with Gasteiger partial charge in [-0.05, 0) is 37.1 Å². The molecular formula is C33H29Cl2F4N3O6. The van der Waals surface area contributed by atoms with Gasteiger partial charge in [0, 0.05) is 29.8 Å². The van der Waals surface area contributed by atoms with Gasteiger partial charge in [-0.15, -0.1) is 0 Å². The fraction of sp³-hybridized carbons (Fsp3) is 0.394. The number of alkyl halides is 3. The van der Waals surface area contributed by atoms with Crippen LogP contribution < -0.4 is 14.4 Å². The molecule has 1 N–H and O–H groups in total. The highest BCUT2D eigenvalue weighted by molar-refractivity contribution is 6.39. The second kappa shape index (κ2) is 12.6. The van der Waals surface area contributed by atoms with E-state index in [1.165, 1.54) is 21.9 Å². The lowest BCUT2D eigenvalue weighted by molar-refractivity contribution is -0.162. The lowest BCUT2D eigenvalue weighted by Crippen LogP contribution is -2.56. The van der Waals surface area contributed by atoms with Crippen molar-refractivity contribution in [2.75, 3.05) is 44.5 Å². The highest BCUT2D eigenvalue weighted by Gasteiger charge is 2.40. The van der Waals surface area contributed by atoms with Gasteiger partial charge in [-0.2, -0.15) is 13.2 Å². The summed E-state index contributed by atoms with van der Waals surface area (Å²) in [6.07, 6.45) is -3.08. The van der Waals surface area contributed by atoms with Crippen LogP contribution in [0.4, 0.5) is 23.2 Å². The maximum atomic E-state index is 15.6. The lowest BCUT2D eigenvalue weighted by atomic mass is 9.96. The first-order chi connectivity index (χ1) is 22.9. The Labute approximate surface area is 282 Å². The SMILES string of the molecule is O=C(O)c1cc(F)c(-c2cccc3c2OCN(C(=O)c2c(Cl)cc(OC4CN(CC(F)(F)F)C4)cc2Cl)C3)cc1N1C2CCC1COC2. The Balaban J connectivity index is 1.11. The van der Waals surface area contributed by atoms with Crippen LogP contribution in [0.25, 0.3) is 11.1 Å². The van der Waals surface area contributed by atoms with Crippen LogP contribution in [0.1, 0.15) is 39.1 Å². The van der Waals surface area contributed by atoms with Gasteiger partial charge in [0.05, 0.1) is 65.2 Å². The van der Waals surface area contributed by atoms with Gasteiger partial charge in [-0.1, -0.05) is 41.4 Å². The summed E-state index contributed by atoms with van der Waals surface area (Å²) in [4.78, 5) is 30.4. The molecule has 0 aromatic heterocycles. The summed E-state index contributed by atoms with van der Waals surface area (Å²) in [6.45, 7) is -0.0446. The van der Waals surface area contributed by atoms with Crippen molar-refractivity contribution in [1.29, 1.82) is 0 Å². The van der Waals surface area contributed by atoms with E-state index in [0.717, 1.165) is 18.9 Å². The Bertz CT molecular complexity index is 1750. The summed E-state index contributed by atoms with van der Waals surface area (Å²) in [5.41, 5.74) is 1.47. The molecule has 3 fully saturated rings. The molecule has 0 saturated carbocycles. The standard InChI is InChI=1S/C33H29Cl2F4N3O6/c34-25-6-20(48-21-11-40(12-21)15-33(37,38)39)7-26(35)29(25)31(43)41-10-17-2-1-3-22(30(17)47-16-41)23-9-28(24(32(44)45)8-27(23)36)42-18-4-5-19(42)14-46-13-18/h1-3,6-9,18-19,21H,4-5,10-16H2,(H,44,45). The first-order valence-electron chi connectivity index (χ1n) is 15.3. The van der Waals surface area contributed by atoms with Crippen molar-refractivity contribution in [2.45, 2.75) is 43.8 Å². The fourth-order valence-corrected chi connectivity index (χ4v) is 7.57. The number of ether oxygens (including phenoxy) is 3. The molecule has 48 heavy (non-hydrogen) atoms. The molecule has 9 nitrogen and oxygen atoms in total. The van der Waals surface area contributed by atoms with Gasteiger partial charge < -0.3 is 29.1 Å². The molecule has 0 spiro atoms. The van der Waals surface area contributed by atoms with Crippen LogP contribution in [-0.2, 0) is 11.3 Å². The Morgan fingerprint density at radius 1 is 1.00 bits per heavy atom. The van der Waals surface area contributed by atoms with Crippen molar-refractivity contribution in [1.82, 2.24) is 9.80 Å². The van der Waals surface area contributed by atoms with Crippen LogP contribution in [0.2, 0.25) is 10.0 Å². The number of carboxylic acids is 1. The van der Waals surface area contributed by atoms with Gasteiger partial charge >= 0.3 is 12.1 Å². The Morgan fingerprint density at radius 2 is 1.69 bits per heavy atom. The van der Waals surface area contributed by atoms with E-state index >= 15 is 4.39 Å². The second-order valence-electron chi connectivity index (χ2n) is 12.4. The predicted molar refractivity (Wildman–Crippen MR) is 168 cm³/mol. The Morgan fingerprint density at radius 3 is 2.33 bits per heavy atom. The summed E-state index contributed by atoms with van der Waals surface area (Å²) in [7, 11) is 0. The summed E-state index contributed by atoms with van der Waals surface area (Å²) in [5, 5.41) is 9.94. The van der Waals surface area contributed by atoms with Gasteiger partial charge in [-0.3, -0.25) is 9.69 Å². The summed E-state index contributed by atoms with van der Waals surface area (Å²) in [6, 6.07) is 10.5. The van der Waals surface area contributed by atoms with Gasteiger partial charge in [0.1, 0.15) is 23.4 Å². The van der Waals surface area contributed by atoms with Crippen LogP contribution >= 0.6 is 23.2 Å². The maximum Gasteiger partial charge on any atom is 0.401 e. The number of carbonyl (C=O) groups is 2. The minimum atomic E-state index is -4.30. The monoisotopic (exact) mass is 709 g/mol. The van der Waals surface area contributed by atoms with Gasteiger partial charge in [0.25, 0.3) is 5.91 Å². The van der Waals surface area contributed by atoms with Crippen molar-refractivity contribution in [3.63, 3.8) is 0 Å². The average molecular weight is 711 g/mol. The van der Waals surface area contributed by atoms with E-state index in [1.54, 1.807) is 24.3 Å². The molecule has 254 valence electrons. The second-order valence-corrected chi connectivity index (χ2v) is 13.2. The van der Waals surface area contributed by atoms with Gasteiger partial charge in [0.2, 0.25) is 0 Å². The third-order valence-corrected chi connectivity index (χ3v) is 9.69. The van der Waals surface area contributed by atoms with E-state index < -0.39 is 36.5 Å². The predicted octanol–water partition coefficient (Wildman–Crippen LogP) is 6.48. The molecule has 2 atom stereocenters. The highest BCUT2D eigenvalue weighted by atomic mass is 35.5. The number of halogens is 6. The minimum absolute atomic E-state index is 0.00119. The molecule has 15 heteroatoms. The third kappa shape index (κ3) is 6.24. The molecular weight excluding hydrogens is 681 g/mol. The van der Waals surface area contributed by atoms with Crippen molar-refractivity contribution >= 4 is 40.8 Å². The van der Waals surface area contributed by atoms with Crippen molar-refractivity contribution in [3.8, 4) is 22.6 Å². The number of morpholine rings is 1. The number of fused-ring (bicyclic) bond motifs is 3. The largest absolute Gasteiger partial charge is 0.488 e. The van der Waals surface area contributed by atoms with Crippen molar-refractivity contribution in [3.05, 3.63) is 75.0 Å². The molecule has 4 heterocycles. The number of anilines is 1. The number of carbonyl (C=O) groups excluding carboxylic acids is 1. The van der Waals surface area contributed by atoms with E-state index in [4.69, 9.17) is 37.4 Å². The topological polar surface area (TPSA) is 91.8 Å². The smallest absolute Gasteiger partial charge is 0.401 e. The zero-order valence-electron chi connectivity index (χ0n) is 25.2. The number of benzene rings is 3. The molecule has 3 aromatic rings. The van der Waals surface area contributed by atoms with Crippen molar-refractivity contribution < 1.29 is 46.5 Å². The Hall–Kier alpha value is -3.78. The van der Waals surface area contributed by atoms with E-state index in [2.05, 4.69) is 0 Å². The maximum absolute atomic E-state index is 15.6. The number of hydrogen-bond acceptors (Lipinski definition) is 7. The molecule has 1 amide bonds. The van der Waals surface area contributed by atoms with Crippen molar-refractivity contribution in [2.24, 2.45) is 0 Å². The number of carboxylic acid groups (broad SMARTS) is 1. The van der Waals surface area contributed by atoms with Crippen LogP contribution in [0.15, 0.2) is 42.5 Å². The summed E-state index contributed by atoms with van der Waals surface area (Å²) in [5.74, 6) is -1.89. The zero-order chi connectivity index (χ0) is 33.9. The number of hydrogen-bond donors (Lipinski definition) is 1. The highest BCUT2D eigenvalue weighted by Crippen LogP contribution is 2.43. The summed E-state index contributed by atoms with van der Waals surface area (Å²) < 4.78 is 70.9. The van der Waals surface area contributed by atoms with E-state index in [9.17, 15) is 27.9 Å². The molecule has 4 aliphatic heterocycles. The molecule has 3 saturated heterocycles. The molecule has 7 rings (SSSR count). The average Bonchev–Trinajstić information content (AvgIpc) is 3.25. The number of rotatable bonds is 7. The van der Waals surface area contributed by atoms with Gasteiger partial charge in [0.15, 0.2) is 6.73 Å². The number of likely N-dealkylation sites (tertiary alicyclic amines) is 1. The van der Waals surface area contributed by atoms with E-state index in [0.29, 0.717) is 35.8 Å². The minimum Gasteiger partial charge on any atom is -0.488 e. The number of aromatic carboxylic acids is 1. The molecule has 0 aliphatic carbocycles. The fourth-order valence-electron chi connectivity index (χ4n) is 6.94. The molecule has 3 aromatic carbocycles. The van der Waals surface area contributed by atoms with E-state index in [-0.39, 0.29) is 70.9 Å². The number of nitrogens with zero attached hydrogens (tertiary/aromatic N) is 3. The first kappa shape index (κ1) is 32.8. The quantitative estimate of drug-likeness (QED) is 0.279. The zero-order valence-corrected chi connectivity index (χ0v) is 26.7. The lowest BCUT2D eigenvalue weighted by Gasteiger charge is -2.39. The molecule has 2 unspecified atom stereocenters. The number of para-hydroxylation sites is 1. The number of amides is 1. The Kier molecular flexibility index (Phi) is 8.59. The van der Waals surface area contributed by atoms with Crippen LogP contribution in [0.3, 0.4) is 0 Å². The molecule has 0 radical (unpaired) electrons. The first-order valence-corrected chi connectivity index (χ1v) is 16.0. The van der Waals surface area contributed by atoms with Crippen LogP contribution in [-0.4, -0.2) is 90.7 Å². The molecule has 4 aliphatic rings. The third-order valence-electron chi connectivity index (χ3n) is 9.09. The molecule has 2 bridgehead atoms. The normalized spacial score (nSPS) is 21.0. The van der Waals surface area contributed by atoms with Crippen LogP contribution in [0.5, 0.6) is 11.5 Å². The summed E-state index contributed by atoms with van der Waals surface area (Å²) >= 11 is 12.9.